The van der Waals surface area contributed by atoms with Crippen LogP contribution < -0.4 is 10.6 Å². The first-order valence-electron chi connectivity index (χ1n) is 11.2. The van der Waals surface area contributed by atoms with Gasteiger partial charge in [-0.3, -0.25) is 9.59 Å². The van der Waals surface area contributed by atoms with Gasteiger partial charge >= 0.3 is 0 Å². The molecule has 0 saturated carbocycles. The number of nitrogens with zero attached hydrogens (tertiary/aromatic N) is 3. The monoisotopic (exact) mass is 483 g/mol. The van der Waals surface area contributed by atoms with Crippen molar-refractivity contribution in [3.05, 3.63) is 70.8 Å². The van der Waals surface area contributed by atoms with Crippen molar-refractivity contribution in [1.82, 2.24) is 20.1 Å². The molecule has 9 heteroatoms. The van der Waals surface area contributed by atoms with Crippen LogP contribution in [0.15, 0.2) is 47.6 Å². The number of hydrogen-bond acceptors (Lipinski definition) is 5. The van der Waals surface area contributed by atoms with E-state index < -0.39 is 11.9 Å². The number of anilines is 1. The van der Waals surface area contributed by atoms with Gasteiger partial charge in [-0.15, -0.1) is 10.2 Å². The fraction of sp³-hybridized carbons (Fsp3) is 0.360. The third-order valence-corrected chi connectivity index (χ3v) is 6.35. The summed E-state index contributed by atoms with van der Waals surface area (Å²) in [5.41, 5.74) is 3.30. The summed E-state index contributed by atoms with van der Waals surface area (Å²) in [6, 6.07) is 10.9. The highest BCUT2D eigenvalue weighted by atomic mass is 32.2. The zero-order valence-corrected chi connectivity index (χ0v) is 20.9. The summed E-state index contributed by atoms with van der Waals surface area (Å²) in [5.74, 6) is -0.0129. The molecule has 0 fully saturated rings. The number of halogens is 1. The highest BCUT2D eigenvalue weighted by molar-refractivity contribution is 7.99. The highest BCUT2D eigenvalue weighted by Crippen LogP contribution is 2.26. The third kappa shape index (κ3) is 6.22. The number of amides is 2. The minimum Gasteiger partial charge on any atom is -0.342 e. The van der Waals surface area contributed by atoms with E-state index in [1.54, 1.807) is 0 Å². The lowest BCUT2D eigenvalue weighted by molar-refractivity contribution is -0.113. The number of aromatic nitrogens is 3. The first kappa shape index (κ1) is 25.4. The normalized spacial score (nSPS) is 12.0. The van der Waals surface area contributed by atoms with Crippen molar-refractivity contribution < 1.29 is 14.0 Å². The Hall–Kier alpha value is -3.20. The molecule has 0 aliphatic heterocycles. The Labute approximate surface area is 203 Å². The van der Waals surface area contributed by atoms with Gasteiger partial charge in [0.15, 0.2) is 11.0 Å². The summed E-state index contributed by atoms with van der Waals surface area (Å²) in [4.78, 5) is 25.3. The van der Waals surface area contributed by atoms with E-state index in [4.69, 9.17) is 0 Å². The van der Waals surface area contributed by atoms with E-state index in [2.05, 4.69) is 20.8 Å². The number of aryl methyl sites for hydroxylation is 2. The number of nitrogens with one attached hydrogen (secondary N) is 2. The molecule has 34 heavy (non-hydrogen) atoms. The average Bonchev–Trinajstić information content (AvgIpc) is 3.20. The molecular formula is C25H30FN5O2S. The van der Waals surface area contributed by atoms with Gasteiger partial charge in [0.05, 0.1) is 11.8 Å². The Bertz CT molecular complexity index is 1160. The zero-order valence-electron chi connectivity index (χ0n) is 20.1. The van der Waals surface area contributed by atoms with Crippen LogP contribution in [0.2, 0.25) is 0 Å². The maximum Gasteiger partial charge on any atom is 0.251 e. The number of carbonyl (C=O) groups excluding carboxylic acids is 2. The van der Waals surface area contributed by atoms with Crippen LogP contribution in [0.25, 0.3) is 0 Å². The van der Waals surface area contributed by atoms with E-state index in [0.717, 1.165) is 16.8 Å². The SMILES string of the molecule is CCn1c(SCC(=O)Nc2ccc(C)cc2C)nnc1[C@@H](NC(=O)c1ccc(F)cc1)C(C)C. The lowest BCUT2D eigenvalue weighted by Crippen LogP contribution is -2.33. The van der Waals surface area contributed by atoms with Crippen molar-refractivity contribution >= 4 is 29.3 Å². The van der Waals surface area contributed by atoms with Crippen LogP contribution in [-0.4, -0.2) is 32.3 Å². The molecule has 3 aromatic rings. The van der Waals surface area contributed by atoms with Gasteiger partial charge in [0.1, 0.15) is 5.82 Å². The van der Waals surface area contributed by atoms with Crippen LogP contribution in [0.3, 0.4) is 0 Å². The third-order valence-electron chi connectivity index (χ3n) is 5.39. The lowest BCUT2D eigenvalue weighted by Gasteiger charge is -2.22. The topological polar surface area (TPSA) is 88.9 Å². The predicted molar refractivity (Wildman–Crippen MR) is 132 cm³/mol. The number of rotatable bonds is 9. The van der Waals surface area contributed by atoms with Crippen LogP contribution in [0.5, 0.6) is 0 Å². The summed E-state index contributed by atoms with van der Waals surface area (Å²) in [7, 11) is 0. The highest BCUT2D eigenvalue weighted by Gasteiger charge is 2.26. The van der Waals surface area contributed by atoms with E-state index >= 15 is 0 Å². The molecule has 2 aromatic carbocycles. The number of benzene rings is 2. The molecule has 0 bridgehead atoms. The quantitative estimate of drug-likeness (QED) is 0.422. The molecule has 3 rings (SSSR count). The van der Waals surface area contributed by atoms with Gasteiger partial charge < -0.3 is 15.2 Å². The van der Waals surface area contributed by atoms with E-state index in [1.807, 2.05) is 57.4 Å². The van der Waals surface area contributed by atoms with Gasteiger partial charge in [-0.1, -0.05) is 43.3 Å². The van der Waals surface area contributed by atoms with Crippen LogP contribution in [0, 0.1) is 25.6 Å². The van der Waals surface area contributed by atoms with Gasteiger partial charge in [-0.25, -0.2) is 4.39 Å². The molecule has 180 valence electrons. The van der Waals surface area contributed by atoms with Crippen molar-refractivity contribution in [3.8, 4) is 0 Å². The Kier molecular flexibility index (Phi) is 8.44. The predicted octanol–water partition coefficient (Wildman–Crippen LogP) is 4.91. The smallest absolute Gasteiger partial charge is 0.251 e. The maximum atomic E-state index is 13.2. The molecule has 0 saturated heterocycles. The van der Waals surface area contributed by atoms with Gasteiger partial charge in [0.2, 0.25) is 5.91 Å². The molecule has 0 aliphatic rings. The summed E-state index contributed by atoms with van der Waals surface area (Å²) < 4.78 is 15.1. The van der Waals surface area contributed by atoms with Crippen molar-refractivity contribution in [2.24, 2.45) is 5.92 Å². The Morgan fingerprint density at radius 2 is 1.79 bits per heavy atom. The second kappa shape index (κ2) is 11.3. The van der Waals surface area contributed by atoms with Crippen LogP contribution >= 0.6 is 11.8 Å². The standard InChI is InChI=1S/C25H30FN5O2S/c1-6-31-23(22(15(2)3)28-24(33)18-8-10-19(26)11-9-18)29-30-25(31)34-14-21(32)27-20-12-7-16(4)13-17(20)5/h7-13,15,22H,6,14H2,1-5H3,(H,27,32)(H,28,33)/t22-/m0/s1. The van der Waals surface area contributed by atoms with Crippen LogP contribution in [0.1, 0.15) is 54.1 Å². The van der Waals surface area contributed by atoms with E-state index in [-0.39, 0.29) is 23.5 Å². The fourth-order valence-electron chi connectivity index (χ4n) is 3.56. The van der Waals surface area contributed by atoms with Crippen molar-refractivity contribution in [1.29, 1.82) is 0 Å². The molecule has 2 amide bonds. The van der Waals surface area contributed by atoms with Gasteiger partial charge in [-0.05, 0) is 62.6 Å². The molecule has 1 heterocycles. The lowest BCUT2D eigenvalue weighted by atomic mass is 10.0. The first-order valence-corrected chi connectivity index (χ1v) is 12.2. The minimum absolute atomic E-state index is 0.0320. The Balaban J connectivity index is 1.71. The van der Waals surface area contributed by atoms with Crippen LogP contribution in [0.4, 0.5) is 10.1 Å². The second-order valence-electron chi connectivity index (χ2n) is 8.44. The summed E-state index contributed by atoms with van der Waals surface area (Å²) in [6.45, 7) is 10.5. The number of carbonyl (C=O) groups is 2. The van der Waals surface area contributed by atoms with Gasteiger partial charge in [-0.2, -0.15) is 0 Å². The molecule has 7 nitrogen and oxygen atoms in total. The zero-order chi connectivity index (χ0) is 24.8. The van der Waals surface area contributed by atoms with Gasteiger partial charge in [0, 0.05) is 17.8 Å². The number of thioether (sulfide) groups is 1. The summed E-state index contributed by atoms with van der Waals surface area (Å²) in [5, 5.41) is 15.2. The van der Waals surface area contributed by atoms with E-state index in [9.17, 15) is 14.0 Å². The molecule has 0 unspecified atom stereocenters. The molecule has 1 aromatic heterocycles. The molecule has 2 N–H and O–H groups in total. The van der Waals surface area contributed by atoms with Crippen molar-refractivity contribution in [3.63, 3.8) is 0 Å². The maximum absolute atomic E-state index is 13.2. The molecule has 0 aliphatic carbocycles. The summed E-state index contributed by atoms with van der Waals surface area (Å²) >= 11 is 1.30. The number of hydrogen-bond donors (Lipinski definition) is 2. The largest absolute Gasteiger partial charge is 0.342 e. The van der Waals surface area contributed by atoms with E-state index in [0.29, 0.717) is 23.1 Å². The molecule has 0 radical (unpaired) electrons. The first-order chi connectivity index (χ1) is 16.2. The van der Waals surface area contributed by atoms with E-state index in [1.165, 1.54) is 36.0 Å². The Morgan fingerprint density at radius 3 is 2.41 bits per heavy atom. The van der Waals surface area contributed by atoms with Crippen LogP contribution in [-0.2, 0) is 11.3 Å². The molecule has 0 spiro atoms. The second-order valence-corrected chi connectivity index (χ2v) is 9.38. The average molecular weight is 484 g/mol. The minimum atomic E-state index is -0.400. The summed E-state index contributed by atoms with van der Waals surface area (Å²) in [6.07, 6.45) is 0. The fourth-order valence-corrected chi connectivity index (χ4v) is 4.37. The molecular weight excluding hydrogens is 453 g/mol. The van der Waals surface area contributed by atoms with Crippen molar-refractivity contribution in [2.75, 3.05) is 11.1 Å². The Morgan fingerprint density at radius 1 is 1.09 bits per heavy atom. The van der Waals surface area contributed by atoms with Gasteiger partial charge in [0.25, 0.3) is 5.91 Å². The van der Waals surface area contributed by atoms with Crippen molar-refractivity contribution in [2.45, 2.75) is 52.4 Å². The molecule has 1 atom stereocenters.